The van der Waals surface area contributed by atoms with Crippen molar-refractivity contribution in [2.75, 3.05) is 19.8 Å². The second-order valence-corrected chi connectivity index (χ2v) is 22.2. The van der Waals surface area contributed by atoms with Crippen molar-refractivity contribution in [3.63, 3.8) is 0 Å². The molecule has 14 heteroatoms. The van der Waals surface area contributed by atoms with Gasteiger partial charge in [-0.05, 0) is 57.8 Å². The van der Waals surface area contributed by atoms with E-state index < -0.39 is 86.8 Å². The van der Waals surface area contributed by atoms with E-state index in [0.717, 1.165) is 32.1 Å². The molecular formula is C62H115NO13. The number of nitrogens with one attached hydrogen (secondary N) is 1. The topological polar surface area (TPSA) is 228 Å². The maximum absolute atomic E-state index is 13.3. The molecule has 0 aromatic heterocycles. The summed E-state index contributed by atoms with van der Waals surface area (Å²) >= 11 is 0. The highest BCUT2D eigenvalue weighted by Gasteiger charge is 2.51. The van der Waals surface area contributed by atoms with Gasteiger partial charge in [-0.1, -0.05) is 230 Å². The summed E-state index contributed by atoms with van der Waals surface area (Å²) in [6, 6.07) is -0.930. The van der Waals surface area contributed by atoms with Crippen molar-refractivity contribution in [2.45, 2.75) is 331 Å². The third kappa shape index (κ3) is 33.1. The molecule has 0 saturated carbocycles. The van der Waals surface area contributed by atoms with Crippen LogP contribution in [0.1, 0.15) is 258 Å². The van der Waals surface area contributed by atoms with Crippen LogP contribution in [0.3, 0.4) is 0 Å². The lowest BCUT2D eigenvalue weighted by Gasteiger charge is -2.46. The van der Waals surface area contributed by atoms with Crippen molar-refractivity contribution in [1.82, 2.24) is 5.32 Å². The Hall–Kier alpha value is -1.79. The zero-order valence-corrected chi connectivity index (χ0v) is 48.0. The zero-order chi connectivity index (χ0) is 55.3. The fourth-order valence-corrected chi connectivity index (χ4v) is 10.2. The number of rotatable bonds is 50. The van der Waals surface area contributed by atoms with Gasteiger partial charge in [0.05, 0.1) is 32.0 Å². The van der Waals surface area contributed by atoms with Crippen LogP contribution in [0, 0.1) is 0 Å². The molecule has 0 radical (unpaired) electrons. The van der Waals surface area contributed by atoms with Gasteiger partial charge in [-0.15, -0.1) is 0 Å². The molecule has 12 atom stereocenters. The quantitative estimate of drug-likeness (QED) is 0.0204. The SMILES string of the molecule is CCCCCCCCCC/C=C\CCCCCCCCCCCCCCCCCC(=O)NC(COC1OC(CO)C(OC2OC(CO)C(O)C(O)C2O)C(O)C1O)C(O)/C=C/CC/C=C/CCCCCCCCCCC. The Labute approximate surface area is 461 Å². The fourth-order valence-electron chi connectivity index (χ4n) is 10.2. The number of amides is 1. The van der Waals surface area contributed by atoms with Crippen molar-refractivity contribution < 1.29 is 64.6 Å². The summed E-state index contributed by atoms with van der Waals surface area (Å²) in [6.07, 6.45) is 42.0. The van der Waals surface area contributed by atoms with Gasteiger partial charge in [0.1, 0.15) is 48.8 Å². The highest BCUT2D eigenvalue weighted by Crippen LogP contribution is 2.30. The van der Waals surface area contributed by atoms with Crippen LogP contribution >= 0.6 is 0 Å². The molecule has 2 rings (SSSR count). The van der Waals surface area contributed by atoms with Gasteiger partial charge in [0, 0.05) is 6.42 Å². The van der Waals surface area contributed by atoms with Gasteiger partial charge in [-0.3, -0.25) is 4.79 Å². The van der Waals surface area contributed by atoms with Gasteiger partial charge in [0.25, 0.3) is 0 Å². The van der Waals surface area contributed by atoms with Crippen molar-refractivity contribution in [2.24, 2.45) is 0 Å². The Balaban J connectivity index is 1.71. The second kappa shape index (κ2) is 48.0. The average molecular weight is 1080 g/mol. The first-order valence-corrected chi connectivity index (χ1v) is 31.2. The van der Waals surface area contributed by atoms with E-state index in [0.29, 0.717) is 12.8 Å². The Morgan fingerprint density at radius 1 is 0.461 bits per heavy atom. The maximum atomic E-state index is 13.3. The van der Waals surface area contributed by atoms with Crippen LogP contribution in [-0.4, -0.2) is 140 Å². The third-order valence-electron chi connectivity index (χ3n) is 15.3. The maximum Gasteiger partial charge on any atom is 0.220 e. The standard InChI is InChI=1S/C62H115NO13/c1-3-5-7-9-11-13-15-17-19-20-21-22-23-24-25-26-27-28-29-30-32-34-36-38-40-42-44-46-54(67)63-50(51(66)45-43-41-39-37-35-33-31-18-16-14-12-10-8-6-4-2)49-73-61-59(72)57(70)60(53(48-65)75-61)76-62-58(71)56(69)55(68)52(47-64)74-62/h20-21,35,37,43,45,50-53,55-62,64-66,68-72H,3-19,22-34,36,38-42,44,46-49H2,1-2H3,(H,63,67)/b21-20-,37-35+,45-43+. The van der Waals surface area contributed by atoms with Gasteiger partial charge >= 0.3 is 0 Å². The summed E-state index contributed by atoms with van der Waals surface area (Å²) in [5.41, 5.74) is 0. The predicted octanol–water partition coefficient (Wildman–Crippen LogP) is 11.0. The molecular weight excluding hydrogens is 967 g/mol. The molecule has 0 aliphatic carbocycles. The first-order valence-electron chi connectivity index (χ1n) is 31.2. The van der Waals surface area contributed by atoms with E-state index in [-0.39, 0.29) is 18.9 Å². The van der Waals surface area contributed by atoms with Gasteiger partial charge < -0.3 is 65.1 Å². The first-order chi connectivity index (χ1) is 37.1. The number of aliphatic hydroxyl groups excluding tert-OH is 8. The number of hydrogen-bond acceptors (Lipinski definition) is 13. The van der Waals surface area contributed by atoms with Crippen LogP contribution in [0.25, 0.3) is 0 Å². The lowest BCUT2D eigenvalue weighted by molar-refractivity contribution is -0.359. The number of carbonyl (C=O) groups is 1. The molecule has 76 heavy (non-hydrogen) atoms. The van der Waals surface area contributed by atoms with Crippen LogP contribution in [0.15, 0.2) is 36.5 Å². The molecule has 0 spiro atoms. The molecule has 0 bridgehead atoms. The predicted molar refractivity (Wildman–Crippen MR) is 305 cm³/mol. The Morgan fingerprint density at radius 2 is 0.842 bits per heavy atom. The summed E-state index contributed by atoms with van der Waals surface area (Å²) in [6.45, 7) is 2.79. The fraction of sp³-hybridized carbons (Fsp3) is 0.887. The molecule has 2 heterocycles. The third-order valence-corrected chi connectivity index (χ3v) is 15.3. The molecule has 2 fully saturated rings. The van der Waals surface area contributed by atoms with Crippen LogP contribution in [0.5, 0.6) is 0 Å². The normalized spacial score (nSPS) is 25.1. The van der Waals surface area contributed by atoms with Crippen LogP contribution in [-0.2, 0) is 23.7 Å². The number of aliphatic hydroxyl groups is 8. The molecule has 0 aromatic rings. The van der Waals surface area contributed by atoms with Gasteiger partial charge in [0.15, 0.2) is 12.6 Å². The number of unbranched alkanes of at least 4 members (excludes halogenated alkanes) is 33. The number of ether oxygens (including phenoxy) is 4. The van der Waals surface area contributed by atoms with E-state index in [4.69, 9.17) is 18.9 Å². The zero-order valence-electron chi connectivity index (χ0n) is 48.0. The molecule has 2 saturated heterocycles. The van der Waals surface area contributed by atoms with E-state index in [2.05, 4.69) is 43.5 Å². The molecule has 1 amide bonds. The highest BCUT2D eigenvalue weighted by atomic mass is 16.7. The molecule has 9 N–H and O–H groups in total. The lowest BCUT2D eigenvalue weighted by atomic mass is 9.97. The van der Waals surface area contributed by atoms with Gasteiger partial charge in [-0.25, -0.2) is 0 Å². The van der Waals surface area contributed by atoms with E-state index in [1.807, 2.05) is 6.08 Å². The first kappa shape index (κ1) is 70.3. The summed E-state index contributed by atoms with van der Waals surface area (Å²) in [7, 11) is 0. The van der Waals surface area contributed by atoms with Crippen LogP contribution in [0.4, 0.5) is 0 Å². The number of carbonyl (C=O) groups excluding carboxylic acids is 1. The monoisotopic (exact) mass is 1080 g/mol. The van der Waals surface area contributed by atoms with Crippen LogP contribution < -0.4 is 5.32 Å². The minimum Gasteiger partial charge on any atom is -0.394 e. The smallest absolute Gasteiger partial charge is 0.220 e. The van der Waals surface area contributed by atoms with E-state index in [1.54, 1.807) is 6.08 Å². The summed E-state index contributed by atoms with van der Waals surface area (Å²) in [4.78, 5) is 13.3. The van der Waals surface area contributed by atoms with Crippen molar-refractivity contribution in [3.8, 4) is 0 Å². The largest absolute Gasteiger partial charge is 0.394 e. The summed E-state index contributed by atoms with van der Waals surface area (Å²) in [5, 5.41) is 87.1. The average Bonchev–Trinajstić information content (AvgIpc) is 3.42. The molecule has 12 unspecified atom stereocenters. The molecule has 14 nitrogen and oxygen atoms in total. The van der Waals surface area contributed by atoms with E-state index in [9.17, 15) is 45.6 Å². The second-order valence-electron chi connectivity index (χ2n) is 22.2. The molecule has 2 aliphatic heterocycles. The Morgan fingerprint density at radius 3 is 1.29 bits per heavy atom. The molecule has 0 aromatic carbocycles. The molecule has 2 aliphatic rings. The number of allylic oxidation sites excluding steroid dienone is 5. The van der Waals surface area contributed by atoms with Crippen molar-refractivity contribution in [1.29, 1.82) is 0 Å². The highest BCUT2D eigenvalue weighted by molar-refractivity contribution is 5.76. The van der Waals surface area contributed by atoms with E-state index >= 15 is 0 Å². The van der Waals surface area contributed by atoms with Crippen molar-refractivity contribution in [3.05, 3.63) is 36.5 Å². The van der Waals surface area contributed by atoms with E-state index in [1.165, 1.54) is 193 Å². The molecule has 446 valence electrons. The minimum atomic E-state index is -1.79. The van der Waals surface area contributed by atoms with Gasteiger partial charge in [0.2, 0.25) is 5.91 Å². The summed E-state index contributed by atoms with van der Waals surface area (Å²) in [5.74, 6) is -0.247. The minimum absolute atomic E-state index is 0.247. The summed E-state index contributed by atoms with van der Waals surface area (Å²) < 4.78 is 22.8. The number of hydrogen-bond donors (Lipinski definition) is 9. The van der Waals surface area contributed by atoms with Crippen molar-refractivity contribution >= 4 is 5.91 Å². The lowest BCUT2D eigenvalue weighted by Crippen LogP contribution is -2.65. The Bertz CT molecular complexity index is 1410. The Kier molecular flexibility index (Phi) is 44.4. The van der Waals surface area contributed by atoms with Crippen LogP contribution in [0.2, 0.25) is 0 Å². The van der Waals surface area contributed by atoms with Gasteiger partial charge in [-0.2, -0.15) is 0 Å².